The summed E-state index contributed by atoms with van der Waals surface area (Å²) in [6.07, 6.45) is -0.557. The second-order valence-electron chi connectivity index (χ2n) is 8.17. The first-order valence-electron chi connectivity index (χ1n) is 10.7. The summed E-state index contributed by atoms with van der Waals surface area (Å²) in [6.45, 7) is 9.71. The fourth-order valence-electron chi connectivity index (χ4n) is 3.54. The number of ether oxygens (including phenoxy) is 2. The van der Waals surface area contributed by atoms with Crippen LogP contribution in [0.15, 0.2) is 54.6 Å². The number of aliphatic hydroxyl groups excluding tert-OH is 1. The molecule has 0 unspecified atom stereocenters. The summed E-state index contributed by atoms with van der Waals surface area (Å²) < 4.78 is 13.4. The fraction of sp³-hybridized carbons (Fsp3) is 0.400. The Morgan fingerprint density at radius 2 is 1.81 bits per heavy atom. The van der Waals surface area contributed by atoms with E-state index in [0.717, 1.165) is 28.3 Å². The van der Waals surface area contributed by atoms with Gasteiger partial charge in [0.05, 0.1) is 29.7 Å². The molecule has 3 rings (SSSR count). The molecule has 0 saturated carbocycles. The lowest BCUT2D eigenvalue weighted by molar-refractivity contribution is 0.0277. The van der Waals surface area contributed by atoms with Crippen LogP contribution < -0.4 is 4.74 Å². The van der Waals surface area contributed by atoms with Gasteiger partial charge in [-0.05, 0) is 57.5 Å². The summed E-state index contributed by atoms with van der Waals surface area (Å²) in [4.78, 5) is 2.21. The van der Waals surface area contributed by atoms with Crippen molar-refractivity contribution < 1.29 is 14.6 Å². The zero-order chi connectivity index (χ0) is 22.4. The lowest BCUT2D eigenvalue weighted by Crippen LogP contribution is -2.38. The predicted molar refractivity (Wildman–Crippen MR) is 123 cm³/mol. The zero-order valence-electron chi connectivity index (χ0n) is 19.1. The summed E-state index contributed by atoms with van der Waals surface area (Å²) in [6, 6.07) is 18.2. The second-order valence-corrected chi connectivity index (χ2v) is 8.17. The van der Waals surface area contributed by atoms with Crippen molar-refractivity contribution in [1.29, 1.82) is 0 Å². The maximum absolute atomic E-state index is 10.3. The number of para-hydroxylation sites is 1. The van der Waals surface area contributed by atoms with Crippen LogP contribution in [-0.2, 0) is 11.3 Å². The van der Waals surface area contributed by atoms with Gasteiger partial charge in [0.1, 0.15) is 5.75 Å². The van der Waals surface area contributed by atoms with E-state index < -0.39 is 6.10 Å². The van der Waals surface area contributed by atoms with Gasteiger partial charge in [-0.1, -0.05) is 30.3 Å². The highest BCUT2D eigenvalue weighted by molar-refractivity contribution is 5.43. The number of nitrogens with zero attached hydrogens (tertiary/aromatic N) is 3. The van der Waals surface area contributed by atoms with Crippen LogP contribution in [0.4, 0.5) is 0 Å². The van der Waals surface area contributed by atoms with Crippen molar-refractivity contribution in [3.63, 3.8) is 0 Å². The SMILES string of the molecule is COC[C@@H](O)CN(Cc1c(C)nn(-c2ccccc2)c1Oc1cccc(C)c1)C(C)C. The van der Waals surface area contributed by atoms with E-state index in [-0.39, 0.29) is 6.04 Å². The number of methoxy groups -OCH3 is 1. The molecule has 0 aliphatic rings. The third kappa shape index (κ3) is 5.94. The van der Waals surface area contributed by atoms with Gasteiger partial charge in [0.15, 0.2) is 0 Å². The maximum Gasteiger partial charge on any atom is 0.227 e. The Balaban J connectivity index is 2.01. The highest BCUT2D eigenvalue weighted by Gasteiger charge is 2.23. The fourth-order valence-corrected chi connectivity index (χ4v) is 3.54. The lowest BCUT2D eigenvalue weighted by Gasteiger charge is -2.28. The molecule has 1 N–H and O–H groups in total. The van der Waals surface area contributed by atoms with Gasteiger partial charge in [-0.2, -0.15) is 5.10 Å². The van der Waals surface area contributed by atoms with E-state index in [2.05, 4.69) is 18.7 Å². The quantitative estimate of drug-likeness (QED) is 0.520. The van der Waals surface area contributed by atoms with Crippen molar-refractivity contribution in [2.75, 3.05) is 20.3 Å². The van der Waals surface area contributed by atoms with E-state index >= 15 is 0 Å². The van der Waals surface area contributed by atoms with Crippen LogP contribution in [0.1, 0.15) is 30.7 Å². The van der Waals surface area contributed by atoms with Crippen LogP contribution >= 0.6 is 0 Å². The van der Waals surface area contributed by atoms with Gasteiger partial charge < -0.3 is 14.6 Å². The topological polar surface area (TPSA) is 59.8 Å². The Morgan fingerprint density at radius 3 is 2.45 bits per heavy atom. The van der Waals surface area contributed by atoms with Crippen molar-refractivity contribution in [1.82, 2.24) is 14.7 Å². The van der Waals surface area contributed by atoms with Gasteiger partial charge in [0.25, 0.3) is 0 Å². The molecule has 6 heteroatoms. The average molecular weight is 424 g/mol. The van der Waals surface area contributed by atoms with E-state index in [0.29, 0.717) is 25.6 Å². The number of hydrogen-bond acceptors (Lipinski definition) is 5. The first kappa shape index (κ1) is 23.0. The van der Waals surface area contributed by atoms with Crippen molar-refractivity contribution in [2.45, 2.75) is 46.4 Å². The molecule has 0 saturated heterocycles. The third-order valence-corrected chi connectivity index (χ3v) is 5.24. The summed E-state index contributed by atoms with van der Waals surface area (Å²) >= 11 is 0. The Hall–Kier alpha value is -2.67. The first-order chi connectivity index (χ1) is 14.9. The molecule has 166 valence electrons. The Morgan fingerprint density at radius 1 is 1.06 bits per heavy atom. The largest absolute Gasteiger partial charge is 0.439 e. The molecule has 1 aromatic heterocycles. The zero-order valence-corrected chi connectivity index (χ0v) is 19.1. The molecule has 2 aromatic carbocycles. The molecular formula is C25H33N3O3. The number of aromatic nitrogens is 2. The molecule has 0 radical (unpaired) electrons. The van der Waals surface area contributed by atoms with Gasteiger partial charge >= 0.3 is 0 Å². The molecule has 0 fully saturated rings. The molecule has 0 aliphatic heterocycles. The number of benzene rings is 2. The minimum Gasteiger partial charge on any atom is -0.439 e. The third-order valence-electron chi connectivity index (χ3n) is 5.24. The molecule has 6 nitrogen and oxygen atoms in total. The second kappa shape index (κ2) is 10.6. The minimum absolute atomic E-state index is 0.234. The molecule has 31 heavy (non-hydrogen) atoms. The maximum atomic E-state index is 10.3. The smallest absolute Gasteiger partial charge is 0.227 e. The Bertz CT molecular complexity index is 969. The van der Waals surface area contributed by atoms with Crippen LogP contribution in [0.3, 0.4) is 0 Å². The Labute approximate surface area is 185 Å². The van der Waals surface area contributed by atoms with Crippen molar-refractivity contribution in [2.24, 2.45) is 0 Å². The number of hydrogen-bond donors (Lipinski definition) is 1. The standard InChI is InChI=1S/C25H33N3O3/c1-18(2)27(15-22(29)17-30-5)16-24-20(4)26-28(21-11-7-6-8-12-21)25(24)31-23-13-9-10-19(3)14-23/h6-14,18,22,29H,15-17H2,1-5H3/t22-/m0/s1. The molecular weight excluding hydrogens is 390 g/mol. The molecule has 0 aliphatic carbocycles. The highest BCUT2D eigenvalue weighted by atomic mass is 16.5. The first-order valence-corrected chi connectivity index (χ1v) is 10.7. The van der Waals surface area contributed by atoms with Crippen LogP contribution in [0, 0.1) is 13.8 Å². The van der Waals surface area contributed by atoms with Crippen molar-refractivity contribution >= 4 is 0 Å². The molecule has 1 heterocycles. The number of aliphatic hydroxyl groups is 1. The van der Waals surface area contributed by atoms with Gasteiger partial charge in [-0.3, -0.25) is 4.90 Å². The van der Waals surface area contributed by atoms with E-state index in [1.165, 1.54) is 0 Å². The highest BCUT2D eigenvalue weighted by Crippen LogP contribution is 2.32. The average Bonchev–Trinajstić information content (AvgIpc) is 3.03. The van der Waals surface area contributed by atoms with Crippen molar-refractivity contribution in [3.05, 3.63) is 71.4 Å². The lowest BCUT2D eigenvalue weighted by atomic mass is 10.2. The summed E-state index contributed by atoms with van der Waals surface area (Å²) in [5, 5.41) is 15.1. The van der Waals surface area contributed by atoms with Crippen LogP contribution in [0.2, 0.25) is 0 Å². The number of aryl methyl sites for hydroxylation is 2. The van der Waals surface area contributed by atoms with Crippen LogP contribution in [0.25, 0.3) is 5.69 Å². The predicted octanol–water partition coefficient (Wildman–Crippen LogP) is 4.50. The van der Waals surface area contributed by atoms with Crippen LogP contribution in [-0.4, -0.2) is 52.2 Å². The summed E-state index contributed by atoms with van der Waals surface area (Å²) in [7, 11) is 1.60. The monoisotopic (exact) mass is 423 g/mol. The van der Waals surface area contributed by atoms with E-state index in [1.54, 1.807) is 7.11 Å². The summed E-state index contributed by atoms with van der Waals surface area (Å²) in [5.41, 5.74) is 3.98. The van der Waals surface area contributed by atoms with Gasteiger partial charge in [0, 0.05) is 26.2 Å². The minimum atomic E-state index is -0.557. The van der Waals surface area contributed by atoms with Crippen molar-refractivity contribution in [3.8, 4) is 17.3 Å². The van der Waals surface area contributed by atoms with E-state index in [9.17, 15) is 5.11 Å². The van der Waals surface area contributed by atoms with E-state index in [4.69, 9.17) is 14.6 Å². The molecule has 1 atom stereocenters. The molecule has 3 aromatic rings. The number of rotatable bonds is 10. The molecule has 0 amide bonds. The summed E-state index contributed by atoms with van der Waals surface area (Å²) in [5.74, 6) is 1.47. The van der Waals surface area contributed by atoms with E-state index in [1.807, 2.05) is 73.1 Å². The normalized spacial score (nSPS) is 12.5. The molecule has 0 spiro atoms. The van der Waals surface area contributed by atoms with Crippen LogP contribution in [0.5, 0.6) is 11.6 Å². The van der Waals surface area contributed by atoms with Gasteiger partial charge in [-0.15, -0.1) is 0 Å². The van der Waals surface area contributed by atoms with Gasteiger partial charge in [0.2, 0.25) is 5.88 Å². The van der Waals surface area contributed by atoms with Gasteiger partial charge in [-0.25, -0.2) is 4.68 Å². The Kier molecular flexibility index (Phi) is 7.85. The molecule has 0 bridgehead atoms.